The van der Waals surface area contributed by atoms with Crippen molar-refractivity contribution in [2.45, 2.75) is 50.8 Å². The third-order valence-corrected chi connectivity index (χ3v) is 11.7. The molecule has 220 valence electrons. The predicted octanol–water partition coefficient (Wildman–Crippen LogP) is 4.25. The number of rotatable bonds is 8. The van der Waals surface area contributed by atoms with Crippen molar-refractivity contribution >= 4 is 55.1 Å². The second-order valence-corrected chi connectivity index (χ2v) is 14.6. The van der Waals surface area contributed by atoms with Gasteiger partial charge in [-0.15, -0.1) is 11.3 Å². The molecule has 2 aliphatic heterocycles. The van der Waals surface area contributed by atoms with Crippen LogP contribution < -0.4 is 5.32 Å². The van der Waals surface area contributed by atoms with Crippen molar-refractivity contribution in [3.8, 4) is 0 Å². The van der Waals surface area contributed by atoms with Crippen LogP contribution in [0.4, 0.5) is 4.39 Å². The fraction of sp³-hybridized carbons (Fsp3) is 0.481. The second kappa shape index (κ2) is 11.5. The summed E-state index contributed by atoms with van der Waals surface area (Å²) in [5, 5.41) is 14.4. The lowest BCUT2D eigenvalue weighted by molar-refractivity contribution is -0.152. The van der Waals surface area contributed by atoms with Crippen molar-refractivity contribution in [2.75, 3.05) is 19.7 Å². The molecule has 1 atom stereocenters. The number of aromatic nitrogens is 1. The molecule has 1 aromatic heterocycles. The van der Waals surface area contributed by atoms with E-state index in [2.05, 4.69) is 26.2 Å². The number of esters is 1. The first-order chi connectivity index (χ1) is 19.4. The molecule has 2 N–H and O–H groups in total. The molecule has 0 bridgehead atoms. The Labute approximate surface area is 249 Å². The number of sulfonamides is 1. The van der Waals surface area contributed by atoms with Crippen LogP contribution in [0.25, 0.3) is 0 Å². The summed E-state index contributed by atoms with van der Waals surface area (Å²) in [6.45, 7) is 3.87. The molecule has 2 fully saturated rings. The molecular formula is C27H30BrFN4O6S2. The van der Waals surface area contributed by atoms with Gasteiger partial charge in [-0.3, -0.25) is 9.79 Å². The van der Waals surface area contributed by atoms with E-state index >= 15 is 0 Å². The van der Waals surface area contributed by atoms with Crippen LogP contribution in [0.2, 0.25) is 0 Å². The Kier molecular flexibility index (Phi) is 8.39. The highest BCUT2D eigenvalue weighted by molar-refractivity contribution is 9.10. The van der Waals surface area contributed by atoms with Gasteiger partial charge in [0.2, 0.25) is 10.0 Å². The highest BCUT2D eigenvalue weighted by atomic mass is 79.9. The number of allylic oxidation sites excluding steroid dienone is 1. The number of nitrogens with one attached hydrogen (secondary N) is 1. The monoisotopic (exact) mass is 668 g/mol. The van der Waals surface area contributed by atoms with E-state index < -0.39 is 44.5 Å². The van der Waals surface area contributed by atoms with E-state index in [1.807, 2.05) is 5.38 Å². The van der Waals surface area contributed by atoms with Crippen LogP contribution in [0, 0.1) is 17.2 Å². The summed E-state index contributed by atoms with van der Waals surface area (Å²) in [5.74, 6) is -1.75. The summed E-state index contributed by atoms with van der Waals surface area (Å²) in [6.07, 6.45) is 2.68. The van der Waals surface area contributed by atoms with Gasteiger partial charge in [0.1, 0.15) is 11.9 Å². The number of carbonyl (C=O) groups excluding carboxylic acids is 1. The van der Waals surface area contributed by atoms with Crippen LogP contribution >= 0.6 is 27.3 Å². The average Bonchev–Trinajstić information content (AvgIpc) is 3.46. The number of benzene rings is 1. The van der Waals surface area contributed by atoms with E-state index in [0.717, 1.165) is 0 Å². The fourth-order valence-electron chi connectivity index (χ4n) is 5.66. The maximum Gasteiger partial charge on any atom is 0.338 e. The summed E-state index contributed by atoms with van der Waals surface area (Å²) in [6, 6.07) is 3.39. The van der Waals surface area contributed by atoms with E-state index in [9.17, 15) is 27.5 Å². The van der Waals surface area contributed by atoms with Gasteiger partial charge in [-0.1, -0.05) is 22.0 Å². The normalized spacial score (nSPS) is 25.7. The van der Waals surface area contributed by atoms with Gasteiger partial charge >= 0.3 is 11.9 Å². The van der Waals surface area contributed by atoms with Crippen molar-refractivity contribution in [1.82, 2.24) is 14.6 Å². The number of carbonyl (C=O) groups is 2. The van der Waals surface area contributed by atoms with Gasteiger partial charge in [-0.05, 0) is 57.2 Å². The van der Waals surface area contributed by atoms with E-state index in [0.29, 0.717) is 39.4 Å². The van der Waals surface area contributed by atoms with Crippen LogP contribution in [-0.4, -0.2) is 65.5 Å². The minimum atomic E-state index is -3.66. The van der Waals surface area contributed by atoms with Gasteiger partial charge in [0, 0.05) is 40.8 Å². The van der Waals surface area contributed by atoms with Crippen molar-refractivity contribution in [2.24, 2.45) is 16.3 Å². The summed E-state index contributed by atoms with van der Waals surface area (Å²) in [5.41, 5.74) is 0.436. The van der Waals surface area contributed by atoms with E-state index in [-0.39, 0.29) is 44.0 Å². The number of nitrogens with zero attached hydrogens (tertiary/aromatic N) is 3. The van der Waals surface area contributed by atoms with Crippen molar-refractivity contribution in [3.63, 3.8) is 0 Å². The molecule has 5 rings (SSSR count). The standard InChI is InChI=1S/C27H30BrFN4O6S2/c1-3-39-25(34)20-21(15-6-9-33(10-7-15)41(37,38)17-13-27(2,14-17)26(35)36)31-23(24-30-8-11-40-24)32-22(20)18-5-4-16(29)12-19(18)28/h4-5,8,11-12,15,17,22H,3,6-7,9-10,13-14H2,1-2H3,(H,31,32)(H,35,36)/t17?,22-,27?/m0/s1. The lowest BCUT2D eigenvalue weighted by Crippen LogP contribution is -2.54. The summed E-state index contributed by atoms with van der Waals surface area (Å²) in [7, 11) is -3.66. The van der Waals surface area contributed by atoms with Crippen LogP contribution in [-0.2, 0) is 24.3 Å². The zero-order valence-corrected chi connectivity index (χ0v) is 25.7. The van der Waals surface area contributed by atoms with Crippen LogP contribution in [0.3, 0.4) is 0 Å². The molecule has 3 aliphatic rings. The van der Waals surface area contributed by atoms with E-state index in [4.69, 9.17) is 9.73 Å². The minimum Gasteiger partial charge on any atom is -0.481 e. The van der Waals surface area contributed by atoms with Crippen molar-refractivity contribution in [3.05, 3.63) is 61.9 Å². The topological polar surface area (TPSA) is 138 Å². The highest BCUT2D eigenvalue weighted by Crippen LogP contribution is 2.46. The molecule has 10 nitrogen and oxygen atoms in total. The van der Waals surface area contributed by atoms with Crippen molar-refractivity contribution in [1.29, 1.82) is 0 Å². The Morgan fingerprint density at radius 2 is 2.00 bits per heavy atom. The van der Waals surface area contributed by atoms with Crippen LogP contribution in [0.15, 0.2) is 50.5 Å². The maximum absolute atomic E-state index is 14.0. The minimum absolute atomic E-state index is 0.0895. The SMILES string of the molecule is CCOC(=O)C1=C(C2CCN(S(=O)(=O)C3CC(C)(C(=O)O)C3)CC2)NC(c2nccs2)=N[C@H]1c1ccc(F)cc1Br. The first-order valence-corrected chi connectivity index (χ1v) is 16.5. The van der Waals surface area contributed by atoms with Crippen LogP contribution in [0.1, 0.15) is 56.1 Å². The number of carboxylic acids is 1. The molecule has 0 amide bonds. The van der Waals surface area contributed by atoms with Crippen LogP contribution in [0.5, 0.6) is 0 Å². The number of aliphatic carboxylic acids is 1. The molecule has 0 unspecified atom stereocenters. The van der Waals surface area contributed by atoms with Gasteiger partial charge in [0.25, 0.3) is 0 Å². The molecular weight excluding hydrogens is 639 g/mol. The molecule has 2 aromatic rings. The largest absolute Gasteiger partial charge is 0.481 e. The van der Waals surface area contributed by atoms with Crippen molar-refractivity contribution < 1.29 is 32.2 Å². The van der Waals surface area contributed by atoms with Gasteiger partial charge in [0.05, 0.1) is 22.8 Å². The number of piperidine rings is 1. The first kappa shape index (κ1) is 29.8. The number of aliphatic imine (C=N–C) groups is 1. The summed E-state index contributed by atoms with van der Waals surface area (Å²) >= 11 is 4.80. The Balaban J connectivity index is 1.46. The molecule has 3 heterocycles. The number of ether oxygens (including phenoxy) is 1. The van der Waals surface area contributed by atoms with E-state index in [1.165, 1.54) is 27.8 Å². The Morgan fingerprint density at radius 3 is 2.59 bits per heavy atom. The molecule has 41 heavy (non-hydrogen) atoms. The first-order valence-electron chi connectivity index (χ1n) is 13.3. The predicted molar refractivity (Wildman–Crippen MR) is 154 cm³/mol. The number of thiazole rings is 1. The molecule has 0 radical (unpaired) electrons. The lowest BCUT2D eigenvalue weighted by Gasteiger charge is -2.44. The quantitative estimate of drug-likeness (QED) is 0.398. The van der Waals surface area contributed by atoms with Gasteiger partial charge in [-0.25, -0.2) is 26.9 Å². The number of amidine groups is 1. The lowest BCUT2D eigenvalue weighted by atomic mass is 9.70. The molecule has 1 saturated heterocycles. The Bertz CT molecular complexity index is 1510. The number of hydrogen-bond acceptors (Lipinski definition) is 9. The fourth-order valence-corrected chi connectivity index (χ4v) is 9.11. The highest BCUT2D eigenvalue weighted by Gasteiger charge is 2.53. The Morgan fingerprint density at radius 1 is 1.29 bits per heavy atom. The third-order valence-electron chi connectivity index (χ3n) is 7.98. The average molecular weight is 670 g/mol. The third kappa shape index (κ3) is 5.71. The smallest absolute Gasteiger partial charge is 0.338 e. The molecule has 14 heteroatoms. The van der Waals surface area contributed by atoms with Gasteiger partial charge in [0.15, 0.2) is 10.8 Å². The number of halogens is 2. The maximum atomic E-state index is 14.0. The number of carboxylic acid groups (broad SMARTS) is 1. The summed E-state index contributed by atoms with van der Waals surface area (Å²) in [4.78, 5) is 34.1. The van der Waals surface area contributed by atoms with E-state index in [1.54, 1.807) is 26.1 Å². The zero-order valence-electron chi connectivity index (χ0n) is 22.5. The summed E-state index contributed by atoms with van der Waals surface area (Å²) < 4.78 is 47.9. The number of hydrogen-bond donors (Lipinski definition) is 2. The Hall–Kier alpha value is -2.68. The molecule has 1 aromatic carbocycles. The molecule has 0 spiro atoms. The molecule has 1 aliphatic carbocycles. The van der Waals surface area contributed by atoms with Gasteiger partial charge < -0.3 is 15.2 Å². The zero-order chi connectivity index (χ0) is 29.5. The van der Waals surface area contributed by atoms with Gasteiger partial charge in [-0.2, -0.15) is 0 Å². The molecule has 1 saturated carbocycles. The second-order valence-electron chi connectivity index (χ2n) is 10.7.